The first-order chi connectivity index (χ1) is 10.7. The Kier molecular flexibility index (Phi) is 8.56. The Morgan fingerprint density at radius 2 is 1.65 bits per heavy atom. The third-order valence-electron chi connectivity index (χ3n) is 2.32. The van der Waals surface area contributed by atoms with Crippen LogP contribution in [0.4, 0.5) is 23.2 Å². The summed E-state index contributed by atoms with van der Waals surface area (Å²) in [6, 6.07) is 0. The average Bonchev–Trinajstić information content (AvgIpc) is 2.52. The van der Waals surface area contributed by atoms with Gasteiger partial charge in [-0.25, -0.2) is 17.6 Å². The molecule has 3 N–H and O–H groups in total. The quantitative estimate of drug-likeness (QED) is 0.215. The number of anilines is 1. The number of ether oxygens (including phenoxy) is 1. The molecule has 0 saturated carbocycles. The number of rotatable bonds is 5. The molecule has 0 spiro atoms. The zero-order valence-corrected chi connectivity index (χ0v) is 12.5. The Balaban J connectivity index is 0.000000841. The fourth-order valence-electron chi connectivity index (χ4n) is 1.20. The highest BCUT2D eigenvalue weighted by Crippen LogP contribution is 2.25. The molecule has 0 radical (unpaired) electrons. The van der Waals surface area contributed by atoms with Gasteiger partial charge >= 0.3 is 0 Å². The fraction of sp³-hybridized carbons (Fsp3) is 0.286. The van der Waals surface area contributed by atoms with Gasteiger partial charge in [0.2, 0.25) is 0 Å². The summed E-state index contributed by atoms with van der Waals surface area (Å²) < 4.78 is 57.3. The molecular weight excluding hydrogens is 320 g/mol. The van der Waals surface area contributed by atoms with Crippen molar-refractivity contribution in [2.75, 3.05) is 26.0 Å². The maximum Gasteiger partial charge on any atom is 0.257 e. The van der Waals surface area contributed by atoms with E-state index in [9.17, 15) is 27.2 Å². The molecule has 1 aromatic carbocycles. The minimum Gasteiger partial charge on any atom is -0.394 e. The number of hydrogen-bond acceptors (Lipinski definition) is 4. The standard InChI is InChI=1S/C10H10F4N2O2.C4H6O/c1-18-3-2-16-10(17)4-5(11)7(13)9(15)8(14)6(4)12;1-4(2)3-5/h2-3,15H2,1H3,(H,16,17);3H,1H2,2H3. The van der Waals surface area contributed by atoms with Crippen LogP contribution in [0.2, 0.25) is 0 Å². The number of carbonyl (C=O) groups excluding carboxylic acids is 2. The van der Waals surface area contributed by atoms with Crippen LogP contribution in [0.25, 0.3) is 0 Å². The topological polar surface area (TPSA) is 81.4 Å². The molecular formula is C14H16F4N2O3. The van der Waals surface area contributed by atoms with E-state index in [-0.39, 0.29) is 13.2 Å². The second-order valence-electron chi connectivity index (χ2n) is 4.26. The molecule has 0 saturated heterocycles. The SMILES string of the molecule is C=C(C)C=O.COCCNC(=O)c1c(F)c(F)c(N)c(F)c1F. The second kappa shape index (κ2) is 9.57. The van der Waals surface area contributed by atoms with Crippen molar-refractivity contribution in [3.05, 3.63) is 41.0 Å². The minimum atomic E-state index is -1.83. The van der Waals surface area contributed by atoms with E-state index in [1.165, 1.54) is 7.11 Å². The van der Waals surface area contributed by atoms with Gasteiger partial charge in [-0.15, -0.1) is 0 Å². The summed E-state index contributed by atoms with van der Waals surface area (Å²) in [5, 5.41) is 2.04. The zero-order chi connectivity index (χ0) is 18.2. The lowest BCUT2D eigenvalue weighted by Crippen LogP contribution is -2.29. The fourth-order valence-corrected chi connectivity index (χ4v) is 1.20. The summed E-state index contributed by atoms with van der Waals surface area (Å²) >= 11 is 0. The lowest BCUT2D eigenvalue weighted by atomic mass is 10.1. The highest BCUT2D eigenvalue weighted by Gasteiger charge is 2.27. The van der Waals surface area contributed by atoms with Gasteiger partial charge in [0.25, 0.3) is 5.91 Å². The summed E-state index contributed by atoms with van der Waals surface area (Å²) in [6.45, 7) is 4.98. The monoisotopic (exact) mass is 336 g/mol. The maximum absolute atomic E-state index is 13.3. The number of nitrogens with two attached hydrogens (primary N) is 1. The minimum absolute atomic E-state index is 0.0676. The molecule has 0 unspecified atom stereocenters. The molecule has 9 heteroatoms. The highest BCUT2D eigenvalue weighted by molar-refractivity contribution is 5.95. The van der Waals surface area contributed by atoms with Crippen molar-refractivity contribution in [2.24, 2.45) is 0 Å². The van der Waals surface area contributed by atoms with Crippen molar-refractivity contribution in [1.82, 2.24) is 5.32 Å². The third-order valence-corrected chi connectivity index (χ3v) is 2.32. The van der Waals surface area contributed by atoms with Gasteiger partial charge in [-0.2, -0.15) is 0 Å². The van der Waals surface area contributed by atoms with E-state index in [2.05, 4.69) is 11.3 Å². The number of halogens is 4. The Morgan fingerprint density at radius 1 is 1.22 bits per heavy atom. The van der Waals surface area contributed by atoms with Crippen LogP contribution in [0, 0.1) is 23.3 Å². The van der Waals surface area contributed by atoms with Crippen molar-refractivity contribution in [2.45, 2.75) is 6.92 Å². The molecule has 1 amide bonds. The molecule has 0 aliphatic carbocycles. The van der Waals surface area contributed by atoms with Crippen LogP contribution >= 0.6 is 0 Å². The zero-order valence-electron chi connectivity index (χ0n) is 12.5. The largest absolute Gasteiger partial charge is 0.394 e. The summed E-state index contributed by atoms with van der Waals surface area (Å²) in [5.74, 6) is -8.56. The Labute approximate surface area is 130 Å². The normalized spacial score (nSPS) is 9.65. The van der Waals surface area contributed by atoms with Crippen molar-refractivity contribution >= 4 is 17.9 Å². The van der Waals surface area contributed by atoms with E-state index >= 15 is 0 Å². The lowest BCUT2D eigenvalue weighted by Gasteiger charge is -2.09. The molecule has 5 nitrogen and oxygen atoms in total. The van der Waals surface area contributed by atoms with Gasteiger partial charge in [0.05, 0.1) is 6.61 Å². The highest BCUT2D eigenvalue weighted by atomic mass is 19.2. The van der Waals surface area contributed by atoms with Crippen molar-refractivity contribution in [3.8, 4) is 0 Å². The van der Waals surface area contributed by atoms with E-state index in [1.807, 2.05) is 5.32 Å². The van der Waals surface area contributed by atoms with Gasteiger partial charge in [0.15, 0.2) is 23.3 Å². The van der Waals surface area contributed by atoms with Gasteiger partial charge < -0.3 is 15.8 Å². The molecule has 0 aromatic heterocycles. The van der Waals surface area contributed by atoms with Crippen molar-refractivity contribution in [1.29, 1.82) is 0 Å². The summed E-state index contributed by atoms with van der Waals surface area (Å²) in [5.41, 5.74) is 2.71. The first-order valence-electron chi connectivity index (χ1n) is 6.18. The van der Waals surface area contributed by atoms with Gasteiger partial charge in [0.1, 0.15) is 17.5 Å². The van der Waals surface area contributed by atoms with Crippen molar-refractivity contribution in [3.63, 3.8) is 0 Å². The van der Waals surface area contributed by atoms with E-state index in [0.29, 0.717) is 5.57 Å². The third kappa shape index (κ3) is 5.70. The molecule has 0 bridgehead atoms. The molecule has 23 heavy (non-hydrogen) atoms. The second-order valence-corrected chi connectivity index (χ2v) is 4.26. The molecule has 0 fully saturated rings. The number of nitrogen functional groups attached to an aromatic ring is 1. The number of allylic oxidation sites excluding steroid dienone is 1. The number of benzene rings is 1. The number of carbonyl (C=O) groups is 2. The number of methoxy groups -OCH3 is 1. The van der Waals surface area contributed by atoms with Crippen LogP contribution in [0.3, 0.4) is 0 Å². The van der Waals surface area contributed by atoms with Crippen LogP contribution in [0.5, 0.6) is 0 Å². The van der Waals surface area contributed by atoms with Crippen LogP contribution in [-0.2, 0) is 9.53 Å². The molecule has 1 aromatic rings. The van der Waals surface area contributed by atoms with Gasteiger partial charge in [-0.1, -0.05) is 6.58 Å². The van der Waals surface area contributed by atoms with E-state index in [4.69, 9.17) is 5.73 Å². The molecule has 0 aliphatic rings. The number of amides is 1. The van der Waals surface area contributed by atoms with Crippen LogP contribution in [-0.4, -0.2) is 32.5 Å². The van der Waals surface area contributed by atoms with Gasteiger partial charge in [-0.3, -0.25) is 9.59 Å². The Bertz CT molecular complexity index is 577. The smallest absolute Gasteiger partial charge is 0.257 e. The van der Waals surface area contributed by atoms with Crippen LogP contribution in [0.1, 0.15) is 17.3 Å². The van der Waals surface area contributed by atoms with E-state index < -0.39 is 40.4 Å². The molecule has 0 aliphatic heterocycles. The summed E-state index contributed by atoms with van der Waals surface area (Å²) in [6.07, 6.45) is 0.722. The summed E-state index contributed by atoms with van der Waals surface area (Å²) in [4.78, 5) is 20.8. The summed E-state index contributed by atoms with van der Waals surface area (Å²) in [7, 11) is 1.34. The Hall–Kier alpha value is -2.42. The number of nitrogens with one attached hydrogen (secondary N) is 1. The number of aldehydes is 1. The van der Waals surface area contributed by atoms with Crippen LogP contribution in [0.15, 0.2) is 12.2 Å². The Morgan fingerprint density at radius 3 is 2.00 bits per heavy atom. The first kappa shape index (κ1) is 20.6. The van der Waals surface area contributed by atoms with E-state index in [0.717, 1.165) is 6.29 Å². The average molecular weight is 336 g/mol. The first-order valence-corrected chi connectivity index (χ1v) is 6.18. The number of hydrogen-bond donors (Lipinski definition) is 2. The van der Waals surface area contributed by atoms with Crippen LogP contribution < -0.4 is 11.1 Å². The predicted molar refractivity (Wildman–Crippen MR) is 75.8 cm³/mol. The van der Waals surface area contributed by atoms with Gasteiger partial charge in [0, 0.05) is 13.7 Å². The molecule has 0 heterocycles. The lowest BCUT2D eigenvalue weighted by molar-refractivity contribution is -0.104. The maximum atomic E-state index is 13.3. The van der Waals surface area contributed by atoms with E-state index in [1.54, 1.807) is 6.92 Å². The predicted octanol–water partition coefficient (Wildman–Crippen LogP) is 1.96. The molecule has 128 valence electrons. The van der Waals surface area contributed by atoms with Gasteiger partial charge in [-0.05, 0) is 12.5 Å². The molecule has 1 rings (SSSR count). The van der Waals surface area contributed by atoms with Crippen molar-refractivity contribution < 1.29 is 31.9 Å². The molecule has 0 atom stereocenters.